The van der Waals surface area contributed by atoms with Crippen molar-refractivity contribution in [3.63, 3.8) is 0 Å². The number of nitriles is 1. The number of hydrogen-bond donors (Lipinski definition) is 0. The van der Waals surface area contributed by atoms with E-state index in [9.17, 15) is 5.26 Å². The lowest BCUT2D eigenvalue weighted by Gasteiger charge is -2.35. The van der Waals surface area contributed by atoms with Crippen molar-refractivity contribution >= 4 is 11.8 Å². The standard InChI is InChI=1S/C31H22N4S/c1-31(2)23-12-6-7-14-28(23)36-29-22(19-32)21(15-16-24(29)31)26-18-27(25-13-8-9-17-33-25)35-30(34-26)20-10-4-3-5-11-20/h3-18H,1-2H3. The number of fused-ring (bicyclic) bond motifs is 2. The maximum Gasteiger partial charge on any atom is 0.160 e. The van der Waals surface area contributed by atoms with E-state index in [2.05, 4.69) is 55.2 Å². The zero-order chi connectivity index (χ0) is 24.7. The van der Waals surface area contributed by atoms with Gasteiger partial charge in [0.1, 0.15) is 6.07 Å². The summed E-state index contributed by atoms with van der Waals surface area (Å²) in [6, 6.07) is 32.8. The molecule has 1 aliphatic heterocycles. The molecule has 0 aliphatic carbocycles. The molecule has 0 bridgehead atoms. The summed E-state index contributed by atoms with van der Waals surface area (Å²) in [7, 11) is 0. The van der Waals surface area contributed by atoms with Crippen LogP contribution in [0.25, 0.3) is 34.0 Å². The van der Waals surface area contributed by atoms with Crippen LogP contribution in [0, 0.1) is 11.3 Å². The van der Waals surface area contributed by atoms with Crippen LogP contribution in [0.1, 0.15) is 30.5 Å². The molecule has 0 radical (unpaired) electrons. The Bertz CT molecular complexity index is 1580. The van der Waals surface area contributed by atoms with Crippen LogP contribution in [0.5, 0.6) is 0 Å². The van der Waals surface area contributed by atoms with Crippen molar-refractivity contribution in [2.45, 2.75) is 29.1 Å². The summed E-state index contributed by atoms with van der Waals surface area (Å²) in [6.45, 7) is 4.45. The second-order valence-corrected chi connectivity index (χ2v) is 10.3. The van der Waals surface area contributed by atoms with Gasteiger partial charge in [0.2, 0.25) is 0 Å². The third-order valence-corrected chi connectivity index (χ3v) is 7.88. The van der Waals surface area contributed by atoms with Gasteiger partial charge in [-0.15, -0.1) is 0 Å². The fraction of sp³-hybridized carbons (Fsp3) is 0.0968. The summed E-state index contributed by atoms with van der Waals surface area (Å²) in [6.07, 6.45) is 1.76. The molecule has 0 saturated carbocycles. The van der Waals surface area contributed by atoms with Crippen LogP contribution in [-0.2, 0) is 5.41 Å². The van der Waals surface area contributed by atoms with Gasteiger partial charge in [-0.1, -0.05) is 92.3 Å². The molecule has 3 aromatic carbocycles. The van der Waals surface area contributed by atoms with Crippen molar-refractivity contribution in [3.8, 4) is 40.1 Å². The molecule has 4 nitrogen and oxygen atoms in total. The molecule has 1 aliphatic rings. The smallest absolute Gasteiger partial charge is 0.160 e. The zero-order valence-electron chi connectivity index (χ0n) is 19.9. The minimum Gasteiger partial charge on any atom is -0.255 e. The summed E-state index contributed by atoms with van der Waals surface area (Å²) < 4.78 is 0. The summed E-state index contributed by atoms with van der Waals surface area (Å²) >= 11 is 1.67. The molecular weight excluding hydrogens is 460 g/mol. The van der Waals surface area contributed by atoms with Crippen molar-refractivity contribution in [2.24, 2.45) is 0 Å². The molecule has 2 aromatic heterocycles. The number of hydrogen-bond acceptors (Lipinski definition) is 5. The Morgan fingerprint density at radius 1 is 0.750 bits per heavy atom. The quantitative estimate of drug-likeness (QED) is 0.266. The Hall–Kier alpha value is -4.27. The predicted molar refractivity (Wildman–Crippen MR) is 144 cm³/mol. The van der Waals surface area contributed by atoms with E-state index in [1.807, 2.05) is 60.7 Å². The van der Waals surface area contributed by atoms with E-state index in [-0.39, 0.29) is 5.41 Å². The minimum atomic E-state index is -0.207. The monoisotopic (exact) mass is 482 g/mol. The Balaban J connectivity index is 1.58. The summed E-state index contributed by atoms with van der Waals surface area (Å²) in [5, 5.41) is 10.4. The lowest BCUT2D eigenvalue weighted by atomic mass is 9.76. The van der Waals surface area contributed by atoms with Gasteiger partial charge in [0, 0.05) is 32.5 Å². The van der Waals surface area contributed by atoms with Crippen molar-refractivity contribution in [1.82, 2.24) is 15.0 Å². The fourth-order valence-corrected chi connectivity index (χ4v) is 6.27. The lowest BCUT2D eigenvalue weighted by molar-refractivity contribution is 0.607. The first-order valence-electron chi connectivity index (χ1n) is 11.8. The molecule has 36 heavy (non-hydrogen) atoms. The van der Waals surface area contributed by atoms with Crippen molar-refractivity contribution in [3.05, 3.63) is 114 Å². The first-order chi connectivity index (χ1) is 17.6. The highest BCUT2D eigenvalue weighted by molar-refractivity contribution is 7.99. The van der Waals surface area contributed by atoms with Gasteiger partial charge in [-0.05, 0) is 35.4 Å². The molecule has 5 aromatic rings. The Labute approximate surface area is 214 Å². The molecule has 6 rings (SSSR count). The van der Waals surface area contributed by atoms with Crippen molar-refractivity contribution < 1.29 is 0 Å². The molecule has 0 saturated heterocycles. The molecule has 5 heteroatoms. The highest BCUT2D eigenvalue weighted by atomic mass is 32.2. The van der Waals surface area contributed by atoms with Crippen LogP contribution in [0.4, 0.5) is 0 Å². The highest BCUT2D eigenvalue weighted by Crippen LogP contribution is 2.51. The SMILES string of the molecule is CC1(C)c2ccccc2Sc2c1ccc(-c1cc(-c3ccccn3)nc(-c3ccccc3)n1)c2C#N. The molecule has 0 unspecified atom stereocenters. The van der Waals surface area contributed by atoms with Crippen LogP contribution in [0.15, 0.2) is 107 Å². The molecule has 0 fully saturated rings. The van der Waals surface area contributed by atoms with Gasteiger partial charge < -0.3 is 0 Å². The van der Waals surface area contributed by atoms with E-state index in [4.69, 9.17) is 9.97 Å². The Morgan fingerprint density at radius 3 is 2.28 bits per heavy atom. The number of benzene rings is 3. The van der Waals surface area contributed by atoms with Gasteiger partial charge in [0.15, 0.2) is 5.82 Å². The Kier molecular flexibility index (Phi) is 5.40. The van der Waals surface area contributed by atoms with Crippen LogP contribution in [0.2, 0.25) is 0 Å². The maximum absolute atomic E-state index is 10.4. The first kappa shape index (κ1) is 22.2. The van der Waals surface area contributed by atoms with Gasteiger partial charge in [0.25, 0.3) is 0 Å². The zero-order valence-corrected chi connectivity index (χ0v) is 20.8. The average molecular weight is 483 g/mol. The van der Waals surface area contributed by atoms with E-state index in [0.717, 1.165) is 33.0 Å². The van der Waals surface area contributed by atoms with Crippen LogP contribution < -0.4 is 0 Å². The van der Waals surface area contributed by atoms with E-state index in [0.29, 0.717) is 17.1 Å². The molecule has 0 spiro atoms. The summed E-state index contributed by atoms with van der Waals surface area (Å²) in [5.41, 5.74) is 6.79. The number of rotatable bonds is 3. The highest BCUT2D eigenvalue weighted by Gasteiger charge is 2.35. The second kappa shape index (κ2) is 8.75. The molecule has 0 N–H and O–H groups in total. The Morgan fingerprint density at radius 2 is 1.50 bits per heavy atom. The predicted octanol–water partition coefficient (Wildman–Crippen LogP) is 7.53. The van der Waals surface area contributed by atoms with Gasteiger partial charge >= 0.3 is 0 Å². The van der Waals surface area contributed by atoms with Crippen molar-refractivity contribution in [1.29, 1.82) is 5.26 Å². The molecule has 3 heterocycles. The number of pyridine rings is 1. The first-order valence-corrected chi connectivity index (χ1v) is 12.6. The molecule has 172 valence electrons. The topological polar surface area (TPSA) is 62.5 Å². The van der Waals surface area contributed by atoms with E-state index in [1.165, 1.54) is 10.5 Å². The number of nitrogens with zero attached hydrogens (tertiary/aromatic N) is 4. The van der Waals surface area contributed by atoms with Crippen LogP contribution in [-0.4, -0.2) is 15.0 Å². The second-order valence-electron chi connectivity index (χ2n) is 9.24. The van der Waals surface area contributed by atoms with E-state index in [1.54, 1.807) is 18.0 Å². The lowest BCUT2D eigenvalue weighted by Crippen LogP contribution is -2.24. The fourth-order valence-electron chi connectivity index (χ4n) is 4.78. The van der Waals surface area contributed by atoms with Gasteiger partial charge in [-0.2, -0.15) is 5.26 Å². The average Bonchev–Trinajstić information content (AvgIpc) is 2.93. The van der Waals surface area contributed by atoms with Crippen LogP contribution >= 0.6 is 11.8 Å². The van der Waals surface area contributed by atoms with Crippen molar-refractivity contribution in [2.75, 3.05) is 0 Å². The third kappa shape index (κ3) is 3.67. The summed E-state index contributed by atoms with van der Waals surface area (Å²) in [4.78, 5) is 16.5. The molecule has 0 atom stereocenters. The van der Waals surface area contributed by atoms with Gasteiger partial charge in [-0.3, -0.25) is 4.98 Å². The van der Waals surface area contributed by atoms with Gasteiger partial charge in [0.05, 0.1) is 22.6 Å². The van der Waals surface area contributed by atoms with Gasteiger partial charge in [-0.25, -0.2) is 9.97 Å². The normalized spacial score (nSPS) is 13.4. The third-order valence-electron chi connectivity index (χ3n) is 6.68. The van der Waals surface area contributed by atoms with Crippen LogP contribution in [0.3, 0.4) is 0 Å². The largest absolute Gasteiger partial charge is 0.255 e. The minimum absolute atomic E-state index is 0.207. The maximum atomic E-state index is 10.4. The summed E-state index contributed by atoms with van der Waals surface area (Å²) in [5.74, 6) is 0.605. The van der Waals surface area contributed by atoms with E-state index >= 15 is 0 Å². The molecular formula is C31H22N4S. The number of aromatic nitrogens is 3. The molecule has 0 amide bonds. The van der Waals surface area contributed by atoms with E-state index < -0.39 is 0 Å².